The lowest BCUT2D eigenvalue weighted by molar-refractivity contribution is -0.134. The number of carbonyl (C=O) groups excluding carboxylic acids is 2. The molecule has 0 spiro atoms. The second-order valence-corrected chi connectivity index (χ2v) is 11.0. The summed E-state index contributed by atoms with van der Waals surface area (Å²) in [5.41, 5.74) is 2.92. The molecule has 1 unspecified atom stereocenters. The minimum absolute atomic E-state index is 0.0137. The van der Waals surface area contributed by atoms with Crippen molar-refractivity contribution < 1.29 is 18.0 Å². The molecule has 2 aromatic rings. The molecular weight excluding hydrogens is 452 g/mol. The predicted octanol–water partition coefficient (Wildman–Crippen LogP) is 2.41. The van der Waals surface area contributed by atoms with Crippen LogP contribution in [-0.2, 0) is 26.2 Å². The van der Waals surface area contributed by atoms with Crippen molar-refractivity contribution in [1.82, 2.24) is 14.5 Å². The first-order valence-electron chi connectivity index (χ1n) is 11.4. The molecule has 2 amide bonds. The number of nitrogens with zero attached hydrogens (tertiary/aromatic N) is 3. The number of sulfonamides is 1. The summed E-state index contributed by atoms with van der Waals surface area (Å²) in [7, 11) is -0.0820. The molecule has 8 nitrogen and oxygen atoms in total. The molecule has 0 saturated carbocycles. The third-order valence-electron chi connectivity index (χ3n) is 6.16. The van der Waals surface area contributed by atoms with Crippen LogP contribution in [0.4, 0.5) is 5.69 Å². The van der Waals surface area contributed by atoms with E-state index in [9.17, 15) is 18.0 Å². The van der Waals surface area contributed by atoms with E-state index in [2.05, 4.69) is 5.32 Å². The molecular formula is C25H34N4O4S. The van der Waals surface area contributed by atoms with Gasteiger partial charge in [-0.1, -0.05) is 44.2 Å². The summed E-state index contributed by atoms with van der Waals surface area (Å²) in [4.78, 5) is 28.9. The van der Waals surface area contributed by atoms with E-state index in [0.717, 1.165) is 16.8 Å². The SMILES string of the molecule is CC(=O)N1CCN(S(=O)(=O)c2ccc(C(C)C)cc2)C(C(=O)NCc2ccccc2N(C)C)C1. The number of amides is 2. The molecule has 1 aliphatic heterocycles. The largest absolute Gasteiger partial charge is 0.377 e. The number of carbonyl (C=O) groups is 2. The zero-order valence-corrected chi connectivity index (χ0v) is 21.3. The van der Waals surface area contributed by atoms with Crippen molar-refractivity contribution in [3.05, 3.63) is 59.7 Å². The van der Waals surface area contributed by atoms with Crippen molar-refractivity contribution in [1.29, 1.82) is 0 Å². The summed E-state index contributed by atoms with van der Waals surface area (Å²) in [6, 6.07) is 13.5. The number of nitrogens with one attached hydrogen (secondary N) is 1. The number of benzene rings is 2. The molecule has 0 bridgehead atoms. The van der Waals surface area contributed by atoms with Crippen molar-refractivity contribution in [3.63, 3.8) is 0 Å². The van der Waals surface area contributed by atoms with Gasteiger partial charge in [-0.05, 0) is 35.2 Å². The standard InChI is InChI=1S/C25H34N4O4S/c1-18(2)20-10-12-22(13-11-20)34(32,33)29-15-14-28(19(3)30)17-24(29)25(31)26-16-21-8-6-7-9-23(21)27(4)5/h6-13,18,24H,14-17H2,1-5H3,(H,26,31). The van der Waals surface area contributed by atoms with Crippen LogP contribution in [0.2, 0.25) is 0 Å². The first-order valence-corrected chi connectivity index (χ1v) is 12.9. The van der Waals surface area contributed by atoms with Crippen molar-refractivity contribution in [2.24, 2.45) is 0 Å². The lowest BCUT2D eigenvalue weighted by Crippen LogP contribution is -2.61. The predicted molar refractivity (Wildman–Crippen MR) is 133 cm³/mol. The van der Waals surface area contributed by atoms with Crippen LogP contribution < -0.4 is 10.2 Å². The monoisotopic (exact) mass is 486 g/mol. The van der Waals surface area contributed by atoms with Crippen LogP contribution in [-0.4, -0.2) is 69.2 Å². The molecule has 1 fully saturated rings. The molecule has 0 aliphatic carbocycles. The smallest absolute Gasteiger partial charge is 0.243 e. The fraction of sp³-hybridized carbons (Fsp3) is 0.440. The van der Waals surface area contributed by atoms with Crippen molar-refractivity contribution in [3.8, 4) is 0 Å². The summed E-state index contributed by atoms with van der Waals surface area (Å²) in [6.45, 7) is 6.07. The lowest BCUT2D eigenvalue weighted by Gasteiger charge is -2.39. The Morgan fingerprint density at radius 2 is 1.71 bits per heavy atom. The maximum atomic E-state index is 13.5. The van der Waals surface area contributed by atoms with E-state index in [1.54, 1.807) is 24.3 Å². The van der Waals surface area contributed by atoms with Gasteiger partial charge in [0, 0.05) is 52.9 Å². The molecule has 1 atom stereocenters. The first kappa shape index (κ1) is 25.7. The highest BCUT2D eigenvalue weighted by atomic mass is 32.2. The van der Waals surface area contributed by atoms with Gasteiger partial charge < -0.3 is 15.1 Å². The van der Waals surface area contributed by atoms with Crippen LogP contribution in [0.1, 0.15) is 37.8 Å². The molecule has 2 aromatic carbocycles. The topological polar surface area (TPSA) is 90.0 Å². The summed E-state index contributed by atoms with van der Waals surface area (Å²) < 4.78 is 28.3. The lowest BCUT2D eigenvalue weighted by atomic mass is 10.0. The van der Waals surface area contributed by atoms with Crippen LogP contribution in [0.15, 0.2) is 53.4 Å². The highest BCUT2D eigenvalue weighted by Crippen LogP contribution is 2.24. The van der Waals surface area contributed by atoms with E-state index in [0.29, 0.717) is 0 Å². The molecule has 34 heavy (non-hydrogen) atoms. The number of hydrogen-bond acceptors (Lipinski definition) is 5. The van der Waals surface area contributed by atoms with Gasteiger partial charge in [-0.3, -0.25) is 9.59 Å². The van der Waals surface area contributed by atoms with Gasteiger partial charge in [0.15, 0.2) is 0 Å². The average molecular weight is 487 g/mol. The minimum atomic E-state index is -3.93. The highest BCUT2D eigenvalue weighted by molar-refractivity contribution is 7.89. The summed E-state index contributed by atoms with van der Waals surface area (Å²) in [5, 5.41) is 2.89. The number of para-hydroxylation sites is 1. The second kappa shape index (κ2) is 10.6. The molecule has 0 aromatic heterocycles. The summed E-state index contributed by atoms with van der Waals surface area (Å²) in [5.74, 6) is -0.338. The van der Waals surface area contributed by atoms with Gasteiger partial charge in [0.25, 0.3) is 0 Å². The number of rotatable bonds is 7. The Kier molecular flexibility index (Phi) is 7.99. The Hall–Kier alpha value is -2.91. The van der Waals surface area contributed by atoms with Gasteiger partial charge in [-0.2, -0.15) is 4.31 Å². The van der Waals surface area contributed by atoms with Crippen LogP contribution in [0.3, 0.4) is 0 Å². The van der Waals surface area contributed by atoms with E-state index >= 15 is 0 Å². The van der Waals surface area contributed by atoms with E-state index in [1.165, 1.54) is 16.1 Å². The fourth-order valence-corrected chi connectivity index (χ4v) is 5.68. The first-order chi connectivity index (χ1) is 16.0. The van der Waals surface area contributed by atoms with Gasteiger partial charge >= 0.3 is 0 Å². The van der Waals surface area contributed by atoms with Crippen LogP contribution in [0.25, 0.3) is 0 Å². The molecule has 3 rings (SSSR count). The average Bonchev–Trinajstić information content (AvgIpc) is 2.82. The Morgan fingerprint density at radius 3 is 2.29 bits per heavy atom. The van der Waals surface area contributed by atoms with E-state index in [4.69, 9.17) is 0 Å². The molecule has 184 valence electrons. The molecule has 1 N–H and O–H groups in total. The number of piperazine rings is 1. The molecule has 0 radical (unpaired) electrons. The molecule has 9 heteroatoms. The molecule has 1 heterocycles. The van der Waals surface area contributed by atoms with E-state index in [-0.39, 0.29) is 42.9 Å². The van der Waals surface area contributed by atoms with E-state index < -0.39 is 22.0 Å². The third kappa shape index (κ3) is 5.59. The van der Waals surface area contributed by atoms with Crippen molar-refractivity contribution >= 4 is 27.5 Å². The van der Waals surface area contributed by atoms with Gasteiger partial charge in [0.1, 0.15) is 6.04 Å². The van der Waals surface area contributed by atoms with Gasteiger partial charge in [0.05, 0.1) is 4.90 Å². The molecule has 1 saturated heterocycles. The fourth-order valence-electron chi connectivity index (χ4n) is 4.11. The van der Waals surface area contributed by atoms with Crippen molar-refractivity contribution in [2.75, 3.05) is 38.6 Å². The quantitative estimate of drug-likeness (QED) is 0.649. The van der Waals surface area contributed by atoms with Crippen LogP contribution in [0, 0.1) is 0 Å². The van der Waals surface area contributed by atoms with Crippen LogP contribution in [0.5, 0.6) is 0 Å². The maximum absolute atomic E-state index is 13.5. The van der Waals surface area contributed by atoms with Gasteiger partial charge in [-0.15, -0.1) is 0 Å². The Labute approximate surface area is 202 Å². The van der Waals surface area contributed by atoms with Gasteiger partial charge in [-0.25, -0.2) is 8.42 Å². The van der Waals surface area contributed by atoms with Gasteiger partial charge in [0.2, 0.25) is 21.8 Å². The maximum Gasteiger partial charge on any atom is 0.243 e. The van der Waals surface area contributed by atoms with Crippen LogP contribution >= 0.6 is 0 Å². The Bertz CT molecular complexity index is 1130. The summed E-state index contributed by atoms with van der Waals surface area (Å²) in [6.07, 6.45) is 0. The van der Waals surface area contributed by atoms with E-state index in [1.807, 2.05) is 57.1 Å². The molecule has 1 aliphatic rings. The normalized spacial score (nSPS) is 17.0. The Morgan fingerprint density at radius 1 is 1.06 bits per heavy atom. The number of anilines is 1. The number of hydrogen-bond donors (Lipinski definition) is 1. The third-order valence-corrected chi connectivity index (χ3v) is 8.08. The summed E-state index contributed by atoms with van der Waals surface area (Å²) >= 11 is 0. The zero-order valence-electron chi connectivity index (χ0n) is 20.5. The Balaban J connectivity index is 1.86. The second-order valence-electron chi connectivity index (χ2n) is 9.06. The zero-order chi connectivity index (χ0) is 25.0. The minimum Gasteiger partial charge on any atom is -0.377 e. The highest BCUT2D eigenvalue weighted by Gasteiger charge is 2.40. The van der Waals surface area contributed by atoms with Crippen molar-refractivity contribution in [2.45, 2.75) is 44.2 Å².